The van der Waals surface area contributed by atoms with Crippen molar-refractivity contribution in [1.29, 1.82) is 0 Å². The normalized spacial score (nSPS) is 11.0. The van der Waals surface area contributed by atoms with Gasteiger partial charge < -0.3 is 4.84 Å². The number of hydrogen-bond donors (Lipinski definition) is 1. The van der Waals surface area contributed by atoms with Crippen molar-refractivity contribution in [3.8, 4) is 0 Å². The van der Waals surface area contributed by atoms with E-state index in [2.05, 4.69) is 5.48 Å². The molecule has 1 rings (SSSR count). The van der Waals surface area contributed by atoms with Crippen molar-refractivity contribution in [2.75, 3.05) is 6.61 Å². The van der Waals surface area contributed by atoms with Gasteiger partial charge in [-0.05, 0) is 12.0 Å². The minimum atomic E-state index is -0.570. The van der Waals surface area contributed by atoms with E-state index in [0.717, 1.165) is 6.07 Å². The third kappa shape index (κ3) is 4.36. The molecule has 0 amide bonds. The van der Waals surface area contributed by atoms with Gasteiger partial charge in [0.1, 0.15) is 11.6 Å². The lowest BCUT2D eigenvalue weighted by atomic mass is 10.2. The second-order valence-corrected chi connectivity index (χ2v) is 3.76. The Morgan fingerprint density at radius 2 is 2.07 bits per heavy atom. The Morgan fingerprint density at radius 1 is 1.33 bits per heavy atom. The summed E-state index contributed by atoms with van der Waals surface area (Å²) in [5.41, 5.74) is 3.02. The van der Waals surface area contributed by atoms with E-state index < -0.39 is 11.6 Å². The lowest BCUT2D eigenvalue weighted by molar-refractivity contribution is 0.0191. The van der Waals surface area contributed by atoms with Crippen LogP contribution in [0.5, 0.6) is 0 Å². The van der Waals surface area contributed by atoms with Crippen LogP contribution in [-0.2, 0) is 11.4 Å². The summed E-state index contributed by atoms with van der Waals surface area (Å²) in [5, 5.41) is 0. The highest BCUT2D eigenvalue weighted by Gasteiger charge is 2.03. The topological polar surface area (TPSA) is 21.3 Å². The third-order valence-electron chi connectivity index (χ3n) is 1.80. The van der Waals surface area contributed by atoms with Crippen LogP contribution in [0.4, 0.5) is 8.78 Å². The van der Waals surface area contributed by atoms with Gasteiger partial charge in [0, 0.05) is 18.2 Å². The van der Waals surface area contributed by atoms with Crippen molar-refractivity contribution in [2.45, 2.75) is 20.4 Å². The van der Waals surface area contributed by atoms with Crippen LogP contribution in [0, 0.1) is 17.6 Å². The fraction of sp³-hybridized carbons (Fsp3) is 0.455. The Bertz CT molecular complexity index is 315. The summed E-state index contributed by atoms with van der Waals surface area (Å²) in [7, 11) is 0. The van der Waals surface area contributed by atoms with Gasteiger partial charge in [-0.2, -0.15) is 5.48 Å². The maximum absolute atomic E-state index is 13.1. The van der Waals surface area contributed by atoms with Gasteiger partial charge in [0.2, 0.25) is 0 Å². The van der Waals surface area contributed by atoms with E-state index in [1.165, 1.54) is 12.1 Å². The van der Waals surface area contributed by atoms with Crippen LogP contribution in [0.3, 0.4) is 0 Å². The average molecular weight is 215 g/mol. The van der Waals surface area contributed by atoms with Crippen LogP contribution in [-0.4, -0.2) is 6.61 Å². The fourth-order valence-electron chi connectivity index (χ4n) is 1.02. The quantitative estimate of drug-likeness (QED) is 0.602. The molecule has 0 aliphatic heterocycles. The van der Waals surface area contributed by atoms with E-state index >= 15 is 0 Å². The standard InChI is InChI=1S/C11H15F2NO/c1-8(2)7-15-14-6-9-3-4-10(12)5-11(9)13/h3-5,8,14H,6-7H2,1-2H3. The summed E-state index contributed by atoms with van der Waals surface area (Å²) >= 11 is 0. The number of benzene rings is 1. The number of hydroxylamine groups is 1. The molecule has 1 aromatic rings. The van der Waals surface area contributed by atoms with Crippen LogP contribution in [0.25, 0.3) is 0 Å². The Kier molecular flexibility index (Phi) is 4.65. The molecule has 0 fully saturated rings. The second kappa shape index (κ2) is 5.78. The Balaban J connectivity index is 2.37. The van der Waals surface area contributed by atoms with Crippen LogP contribution >= 0.6 is 0 Å². The number of hydrogen-bond acceptors (Lipinski definition) is 2. The highest BCUT2D eigenvalue weighted by molar-refractivity contribution is 5.17. The van der Waals surface area contributed by atoms with Crippen LogP contribution in [0.2, 0.25) is 0 Å². The van der Waals surface area contributed by atoms with Crippen molar-refractivity contribution in [2.24, 2.45) is 5.92 Å². The molecule has 0 bridgehead atoms. The van der Waals surface area contributed by atoms with Gasteiger partial charge in [-0.1, -0.05) is 19.9 Å². The molecule has 2 nitrogen and oxygen atoms in total. The van der Waals surface area contributed by atoms with Crippen molar-refractivity contribution >= 4 is 0 Å². The molecule has 0 radical (unpaired) electrons. The zero-order chi connectivity index (χ0) is 11.3. The lowest BCUT2D eigenvalue weighted by Gasteiger charge is -2.08. The first-order valence-corrected chi connectivity index (χ1v) is 4.88. The van der Waals surface area contributed by atoms with Crippen molar-refractivity contribution in [3.63, 3.8) is 0 Å². The maximum Gasteiger partial charge on any atom is 0.130 e. The first kappa shape index (κ1) is 12.1. The van der Waals surface area contributed by atoms with Crippen molar-refractivity contribution in [3.05, 3.63) is 35.4 Å². The summed E-state index contributed by atoms with van der Waals surface area (Å²) in [5.74, 6) is -0.717. The molecule has 15 heavy (non-hydrogen) atoms. The monoisotopic (exact) mass is 215 g/mol. The summed E-state index contributed by atoms with van der Waals surface area (Å²) in [6.07, 6.45) is 0. The van der Waals surface area contributed by atoms with Gasteiger partial charge in [0.25, 0.3) is 0 Å². The van der Waals surface area contributed by atoms with Crippen LogP contribution in [0.1, 0.15) is 19.4 Å². The first-order valence-electron chi connectivity index (χ1n) is 4.88. The zero-order valence-electron chi connectivity index (χ0n) is 8.89. The average Bonchev–Trinajstić information content (AvgIpc) is 2.14. The molecule has 4 heteroatoms. The molecule has 0 atom stereocenters. The summed E-state index contributed by atoms with van der Waals surface area (Å²) in [6.45, 7) is 4.82. The van der Waals surface area contributed by atoms with Crippen molar-refractivity contribution < 1.29 is 13.6 Å². The van der Waals surface area contributed by atoms with Crippen LogP contribution < -0.4 is 5.48 Å². The molecule has 0 unspecified atom stereocenters. The molecule has 1 N–H and O–H groups in total. The second-order valence-electron chi connectivity index (χ2n) is 3.76. The van der Waals surface area contributed by atoms with E-state index in [1.807, 2.05) is 13.8 Å². The highest BCUT2D eigenvalue weighted by Crippen LogP contribution is 2.08. The molecule has 0 heterocycles. The SMILES string of the molecule is CC(C)CONCc1ccc(F)cc1F. The minimum absolute atomic E-state index is 0.235. The summed E-state index contributed by atoms with van der Waals surface area (Å²) in [6, 6.07) is 3.48. The van der Waals surface area contributed by atoms with E-state index in [0.29, 0.717) is 18.1 Å². The summed E-state index contributed by atoms with van der Waals surface area (Å²) in [4.78, 5) is 5.07. The van der Waals surface area contributed by atoms with Gasteiger partial charge in [-0.15, -0.1) is 0 Å². The Labute approximate surface area is 88.2 Å². The maximum atomic E-state index is 13.1. The predicted molar refractivity (Wildman–Crippen MR) is 54.0 cm³/mol. The smallest absolute Gasteiger partial charge is 0.130 e. The number of rotatable bonds is 5. The van der Waals surface area contributed by atoms with E-state index in [9.17, 15) is 8.78 Å². The minimum Gasteiger partial charge on any atom is -0.301 e. The van der Waals surface area contributed by atoms with E-state index in [1.54, 1.807) is 0 Å². The van der Waals surface area contributed by atoms with Gasteiger partial charge in [-0.3, -0.25) is 0 Å². The van der Waals surface area contributed by atoms with Gasteiger partial charge in [0.15, 0.2) is 0 Å². The fourth-order valence-corrected chi connectivity index (χ4v) is 1.02. The molecule has 0 saturated heterocycles. The highest BCUT2D eigenvalue weighted by atomic mass is 19.1. The lowest BCUT2D eigenvalue weighted by Crippen LogP contribution is -2.18. The molecule has 84 valence electrons. The molecular weight excluding hydrogens is 200 g/mol. The van der Waals surface area contributed by atoms with Gasteiger partial charge in [-0.25, -0.2) is 8.78 Å². The predicted octanol–water partition coefficient (Wildman–Crippen LogP) is 2.64. The Morgan fingerprint density at radius 3 is 2.67 bits per heavy atom. The Hall–Kier alpha value is -1.00. The van der Waals surface area contributed by atoms with Crippen molar-refractivity contribution in [1.82, 2.24) is 5.48 Å². The molecule has 1 aromatic carbocycles. The van der Waals surface area contributed by atoms with E-state index in [4.69, 9.17) is 4.84 Å². The zero-order valence-corrected chi connectivity index (χ0v) is 8.89. The van der Waals surface area contributed by atoms with Gasteiger partial charge in [0.05, 0.1) is 6.61 Å². The summed E-state index contributed by atoms with van der Waals surface area (Å²) < 4.78 is 25.7. The van der Waals surface area contributed by atoms with Gasteiger partial charge >= 0.3 is 0 Å². The van der Waals surface area contributed by atoms with E-state index in [-0.39, 0.29) is 6.54 Å². The molecular formula is C11H15F2NO. The third-order valence-corrected chi connectivity index (χ3v) is 1.80. The molecule has 0 aliphatic carbocycles. The van der Waals surface area contributed by atoms with Crippen LogP contribution in [0.15, 0.2) is 18.2 Å². The molecule has 0 aliphatic rings. The molecule has 0 spiro atoms. The molecule has 0 aromatic heterocycles. The molecule has 0 saturated carbocycles. The first-order chi connectivity index (χ1) is 7.09. The largest absolute Gasteiger partial charge is 0.301 e. The number of nitrogens with one attached hydrogen (secondary N) is 1. The number of halogens is 2.